The fourth-order valence-electron chi connectivity index (χ4n) is 5.04. The van der Waals surface area contributed by atoms with Crippen molar-refractivity contribution in [2.75, 3.05) is 44.2 Å². The molecule has 4 heterocycles. The molecule has 0 saturated carbocycles. The van der Waals surface area contributed by atoms with E-state index in [-0.39, 0.29) is 11.5 Å². The van der Waals surface area contributed by atoms with Gasteiger partial charge in [0.25, 0.3) is 0 Å². The zero-order chi connectivity index (χ0) is 16.4. The predicted octanol–water partition coefficient (Wildman–Crippen LogP) is 2.77. The Bertz CT molecular complexity index is 449. The van der Waals surface area contributed by atoms with Gasteiger partial charge in [0.2, 0.25) is 5.91 Å². The van der Waals surface area contributed by atoms with Crippen LogP contribution in [0.25, 0.3) is 0 Å². The molecule has 0 bridgehead atoms. The highest BCUT2D eigenvalue weighted by Crippen LogP contribution is 2.38. The zero-order valence-corrected chi connectivity index (χ0v) is 15.7. The summed E-state index contributed by atoms with van der Waals surface area (Å²) in [6.07, 6.45) is 9.89. The average molecular weight is 353 g/mol. The highest BCUT2D eigenvalue weighted by molar-refractivity contribution is 7.99. The molecule has 4 saturated heterocycles. The number of carbonyl (C=O) groups excluding carboxylic acids is 1. The molecule has 0 aliphatic carbocycles. The molecule has 0 aromatic heterocycles. The lowest BCUT2D eigenvalue weighted by atomic mass is 9.90. The van der Waals surface area contributed by atoms with Gasteiger partial charge in [-0.2, -0.15) is 11.8 Å². The quantitative estimate of drug-likeness (QED) is 0.782. The molecule has 2 atom stereocenters. The molecule has 4 aliphatic rings. The second-order valence-electron chi connectivity index (χ2n) is 8.22. The molecule has 4 nitrogen and oxygen atoms in total. The Labute approximate surface area is 150 Å². The molecule has 4 aliphatic heterocycles. The minimum Gasteiger partial charge on any atom is -0.369 e. The van der Waals surface area contributed by atoms with Crippen molar-refractivity contribution in [1.29, 1.82) is 0 Å². The van der Waals surface area contributed by atoms with Crippen LogP contribution in [0.2, 0.25) is 0 Å². The monoisotopic (exact) mass is 352 g/mol. The van der Waals surface area contributed by atoms with E-state index in [1.165, 1.54) is 38.8 Å². The third kappa shape index (κ3) is 3.78. The highest BCUT2D eigenvalue weighted by atomic mass is 32.2. The van der Waals surface area contributed by atoms with Crippen molar-refractivity contribution in [3.8, 4) is 0 Å². The van der Waals surface area contributed by atoms with Gasteiger partial charge in [-0.15, -0.1) is 0 Å². The second kappa shape index (κ2) is 7.55. The fraction of sp³-hybridized carbons (Fsp3) is 0.947. The number of thioether (sulfide) groups is 1. The Morgan fingerprint density at radius 2 is 1.83 bits per heavy atom. The van der Waals surface area contributed by atoms with Gasteiger partial charge in [-0.05, 0) is 76.0 Å². The minimum absolute atomic E-state index is 0.0261. The van der Waals surface area contributed by atoms with Crippen LogP contribution in [0.4, 0.5) is 0 Å². The lowest BCUT2D eigenvalue weighted by Crippen LogP contribution is -2.47. The van der Waals surface area contributed by atoms with Gasteiger partial charge in [0.15, 0.2) is 0 Å². The lowest BCUT2D eigenvalue weighted by molar-refractivity contribution is -0.143. The largest absolute Gasteiger partial charge is 0.369 e. The van der Waals surface area contributed by atoms with E-state index < -0.39 is 0 Å². The van der Waals surface area contributed by atoms with Crippen LogP contribution < -0.4 is 0 Å². The maximum atomic E-state index is 12.8. The van der Waals surface area contributed by atoms with Crippen molar-refractivity contribution in [3.63, 3.8) is 0 Å². The van der Waals surface area contributed by atoms with Crippen molar-refractivity contribution >= 4 is 17.7 Å². The third-order valence-corrected chi connectivity index (χ3v) is 7.48. The van der Waals surface area contributed by atoms with Crippen LogP contribution in [0.15, 0.2) is 0 Å². The van der Waals surface area contributed by atoms with Crippen LogP contribution in [-0.4, -0.2) is 71.6 Å². The van der Waals surface area contributed by atoms with Crippen molar-refractivity contribution in [1.82, 2.24) is 9.80 Å². The molecule has 4 rings (SSSR count). The summed E-state index contributed by atoms with van der Waals surface area (Å²) in [7, 11) is 0. The van der Waals surface area contributed by atoms with Crippen LogP contribution in [-0.2, 0) is 9.53 Å². The van der Waals surface area contributed by atoms with E-state index in [1.807, 2.05) is 11.8 Å². The maximum Gasteiger partial charge on any atom is 0.225 e. The van der Waals surface area contributed by atoms with Gasteiger partial charge in [0.05, 0.1) is 11.7 Å². The van der Waals surface area contributed by atoms with E-state index >= 15 is 0 Å². The summed E-state index contributed by atoms with van der Waals surface area (Å²) < 4.78 is 6.62. The molecular weight excluding hydrogens is 320 g/mol. The summed E-state index contributed by atoms with van der Waals surface area (Å²) in [5.74, 6) is 3.01. The zero-order valence-electron chi connectivity index (χ0n) is 14.9. The van der Waals surface area contributed by atoms with Gasteiger partial charge in [0.1, 0.15) is 0 Å². The molecule has 0 aromatic rings. The molecule has 24 heavy (non-hydrogen) atoms. The molecule has 1 amide bonds. The van der Waals surface area contributed by atoms with E-state index in [9.17, 15) is 4.79 Å². The van der Waals surface area contributed by atoms with Gasteiger partial charge in [0, 0.05) is 25.6 Å². The lowest BCUT2D eigenvalue weighted by Gasteiger charge is -2.40. The Hall–Kier alpha value is -0.260. The summed E-state index contributed by atoms with van der Waals surface area (Å²) in [6.45, 7) is 5.37. The molecule has 0 radical (unpaired) electrons. The van der Waals surface area contributed by atoms with Crippen molar-refractivity contribution in [3.05, 3.63) is 0 Å². The van der Waals surface area contributed by atoms with E-state index in [4.69, 9.17) is 4.74 Å². The van der Waals surface area contributed by atoms with Gasteiger partial charge < -0.3 is 14.5 Å². The number of ether oxygens (including phenoxy) is 1. The Morgan fingerprint density at radius 3 is 2.62 bits per heavy atom. The summed E-state index contributed by atoms with van der Waals surface area (Å²) in [6, 6.07) is 0. The van der Waals surface area contributed by atoms with Gasteiger partial charge in [-0.1, -0.05) is 0 Å². The summed E-state index contributed by atoms with van der Waals surface area (Å²) in [4.78, 5) is 17.5. The summed E-state index contributed by atoms with van der Waals surface area (Å²) >= 11 is 2.00. The number of carbonyl (C=O) groups is 1. The molecule has 4 fully saturated rings. The van der Waals surface area contributed by atoms with Gasteiger partial charge in [-0.25, -0.2) is 0 Å². The molecule has 5 heteroatoms. The molecule has 0 unspecified atom stereocenters. The van der Waals surface area contributed by atoms with E-state index in [1.54, 1.807) is 0 Å². The minimum atomic E-state index is -0.0261. The maximum absolute atomic E-state index is 12.8. The number of nitrogens with zero attached hydrogens (tertiary/aromatic N) is 2. The highest BCUT2D eigenvalue weighted by Gasteiger charge is 2.45. The first-order chi connectivity index (χ1) is 11.7. The summed E-state index contributed by atoms with van der Waals surface area (Å²) in [5.41, 5.74) is -0.0261. The number of rotatable bonds is 3. The standard InChI is InChI=1S/C19H32N2O2S/c22-18(16-5-12-24-13-6-16)21-11-8-19(15-21)7-3-4-17(23-19)14-20-9-1-2-10-20/h16-17H,1-15H2/t17-,19-/m1/s1. The Balaban J connectivity index is 1.32. The van der Waals surface area contributed by atoms with Crippen LogP contribution in [0.3, 0.4) is 0 Å². The molecule has 0 aromatic carbocycles. The first-order valence-electron chi connectivity index (χ1n) is 10.0. The fourth-order valence-corrected chi connectivity index (χ4v) is 6.15. The van der Waals surface area contributed by atoms with Crippen LogP contribution in [0.5, 0.6) is 0 Å². The van der Waals surface area contributed by atoms with E-state index in [0.717, 1.165) is 56.8 Å². The van der Waals surface area contributed by atoms with Gasteiger partial charge >= 0.3 is 0 Å². The van der Waals surface area contributed by atoms with Crippen molar-refractivity contribution < 1.29 is 9.53 Å². The van der Waals surface area contributed by atoms with E-state index in [0.29, 0.717) is 12.0 Å². The Kier molecular flexibility index (Phi) is 5.40. The first kappa shape index (κ1) is 17.2. The van der Waals surface area contributed by atoms with Crippen LogP contribution in [0, 0.1) is 5.92 Å². The number of hydrogen-bond donors (Lipinski definition) is 0. The molecule has 136 valence electrons. The number of likely N-dealkylation sites (tertiary alicyclic amines) is 2. The summed E-state index contributed by atoms with van der Waals surface area (Å²) in [5, 5.41) is 0. The van der Waals surface area contributed by atoms with Crippen LogP contribution >= 0.6 is 11.8 Å². The third-order valence-electron chi connectivity index (χ3n) is 6.43. The second-order valence-corrected chi connectivity index (χ2v) is 9.44. The normalized spacial score (nSPS) is 35.8. The first-order valence-corrected chi connectivity index (χ1v) is 11.2. The SMILES string of the molecule is O=C(C1CCSCC1)N1CC[C@]2(CCC[C@H](CN3CCCC3)O2)C1. The molecule has 1 spiro atoms. The smallest absolute Gasteiger partial charge is 0.225 e. The van der Waals surface area contributed by atoms with E-state index in [2.05, 4.69) is 9.80 Å². The van der Waals surface area contributed by atoms with Crippen molar-refractivity contribution in [2.45, 2.75) is 63.1 Å². The number of amides is 1. The molecular formula is C19H32N2O2S. The predicted molar refractivity (Wildman–Crippen MR) is 98.4 cm³/mol. The topological polar surface area (TPSA) is 32.8 Å². The van der Waals surface area contributed by atoms with Crippen LogP contribution in [0.1, 0.15) is 51.4 Å². The van der Waals surface area contributed by atoms with Crippen molar-refractivity contribution in [2.24, 2.45) is 5.92 Å². The average Bonchev–Trinajstić information content (AvgIpc) is 3.26. The van der Waals surface area contributed by atoms with Gasteiger partial charge in [-0.3, -0.25) is 4.79 Å². The molecule has 0 N–H and O–H groups in total. The Morgan fingerprint density at radius 1 is 1.04 bits per heavy atom. The number of hydrogen-bond acceptors (Lipinski definition) is 4.